The summed E-state index contributed by atoms with van der Waals surface area (Å²) in [4.78, 5) is 9.68. The van der Waals surface area contributed by atoms with Gasteiger partial charge in [-0.25, -0.2) is 4.98 Å². The van der Waals surface area contributed by atoms with Crippen LogP contribution in [0.1, 0.15) is 37.8 Å². The van der Waals surface area contributed by atoms with E-state index in [0.29, 0.717) is 17.8 Å². The third kappa shape index (κ3) is 2.18. The van der Waals surface area contributed by atoms with Crippen LogP contribution in [0.2, 0.25) is 0 Å². The van der Waals surface area contributed by atoms with Crippen LogP contribution >= 0.6 is 0 Å². The van der Waals surface area contributed by atoms with Gasteiger partial charge in [-0.1, -0.05) is 0 Å². The van der Waals surface area contributed by atoms with Crippen molar-refractivity contribution in [3.8, 4) is 0 Å². The molecule has 2 saturated heterocycles. The van der Waals surface area contributed by atoms with Crippen LogP contribution in [0, 0.1) is 17.8 Å². The fourth-order valence-electron chi connectivity index (χ4n) is 5.21. The number of halogens is 3. The first-order valence-corrected chi connectivity index (χ1v) is 8.52. The summed E-state index contributed by atoms with van der Waals surface area (Å²) in [6.45, 7) is 0.813. The Kier molecular flexibility index (Phi) is 2.91. The van der Waals surface area contributed by atoms with E-state index < -0.39 is 11.9 Å². The first kappa shape index (κ1) is 14.5. The standard InChI is InChI=1S/C16H18F3N5/c17-16(18,19)13-6-14(24-15(22-13)20-8-21-24)23-7-11-2-9-1-10(3-11)5-12(23)4-9/h6,8-12H,1-5,7H2. The van der Waals surface area contributed by atoms with Crippen molar-refractivity contribution in [3.63, 3.8) is 0 Å². The van der Waals surface area contributed by atoms with E-state index >= 15 is 0 Å². The highest BCUT2D eigenvalue weighted by Crippen LogP contribution is 2.48. The van der Waals surface area contributed by atoms with Crippen LogP contribution in [0.25, 0.3) is 5.78 Å². The smallest absolute Gasteiger partial charge is 0.353 e. The molecule has 2 aromatic heterocycles. The van der Waals surface area contributed by atoms with Gasteiger partial charge in [-0.05, 0) is 49.9 Å². The van der Waals surface area contributed by atoms with Crippen LogP contribution in [0.5, 0.6) is 0 Å². The lowest BCUT2D eigenvalue weighted by atomic mass is 9.68. The number of hydrogen-bond donors (Lipinski definition) is 0. The van der Waals surface area contributed by atoms with Gasteiger partial charge in [-0.15, -0.1) is 0 Å². The Hall–Kier alpha value is -1.86. The normalized spacial score (nSPS) is 32.5. The summed E-state index contributed by atoms with van der Waals surface area (Å²) in [5.74, 6) is 2.54. The van der Waals surface area contributed by atoms with E-state index in [9.17, 15) is 13.2 Å². The molecule has 0 radical (unpaired) electrons. The summed E-state index contributed by atoms with van der Waals surface area (Å²) in [7, 11) is 0. The van der Waals surface area contributed by atoms with Crippen LogP contribution < -0.4 is 4.90 Å². The monoisotopic (exact) mass is 337 g/mol. The number of aromatic nitrogens is 4. The number of rotatable bonds is 1. The first-order chi connectivity index (χ1) is 11.5. The van der Waals surface area contributed by atoms with Crippen molar-refractivity contribution in [2.24, 2.45) is 17.8 Å². The summed E-state index contributed by atoms with van der Waals surface area (Å²) < 4.78 is 41.2. The highest BCUT2D eigenvalue weighted by atomic mass is 19.4. The van der Waals surface area contributed by atoms with Gasteiger partial charge in [0.2, 0.25) is 0 Å². The number of fused-ring (bicyclic) bond motifs is 2. The molecule has 2 unspecified atom stereocenters. The quantitative estimate of drug-likeness (QED) is 0.802. The predicted molar refractivity (Wildman–Crippen MR) is 80.5 cm³/mol. The van der Waals surface area contributed by atoms with E-state index in [2.05, 4.69) is 20.0 Å². The highest BCUT2D eigenvalue weighted by molar-refractivity contribution is 5.49. The van der Waals surface area contributed by atoms with Crippen molar-refractivity contribution in [2.75, 3.05) is 11.4 Å². The summed E-state index contributed by atoms with van der Waals surface area (Å²) in [5, 5.41) is 4.13. The molecule has 4 heterocycles. The molecular formula is C16H18F3N5. The average Bonchev–Trinajstić information content (AvgIpc) is 2.90. The Labute approximate surface area is 136 Å². The van der Waals surface area contributed by atoms with Crippen LogP contribution in [-0.2, 0) is 6.18 Å². The lowest BCUT2D eigenvalue weighted by molar-refractivity contribution is -0.141. The van der Waals surface area contributed by atoms with E-state index in [1.165, 1.54) is 30.1 Å². The first-order valence-electron chi connectivity index (χ1n) is 8.52. The molecule has 2 aliphatic carbocycles. The van der Waals surface area contributed by atoms with Gasteiger partial charge in [0.05, 0.1) is 0 Å². The zero-order valence-electron chi connectivity index (χ0n) is 13.1. The van der Waals surface area contributed by atoms with Gasteiger partial charge in [-0.2, -0.15) is 27.8 Å². The molecule has 128 valence electrons. The highest BCUT2D eigenvalue weighted by Gasteiger charge is 2.44. The van der Waals surface area contributed by atoms with Crippen molar-refractivity contribution in [1.82, 2.24) is 19.6 Å². The van der Waals surface area contributed by atoms with E-state index in [1.54, 1.807) is 0 Å². The molecule has 0 aromatic carbocycles. The topological polar surface area (TPSA) is 46.3 Å². The molecule has 4 bridgehead atoms. The fourth-order valence-corrected chi connectivity index (χ4v) is 5.21. The van der Waals surface area contributed by atoms with Crippen molar-refractivity contribution < 1.29 is 13.2 Å². The molecule has 24 heavy (non-hydrogen) atoms. The number of nitrogens with zero attached hydrogens (tertiary/aromatic N) is 5. The van der Waals surface area contributed by atoms with Crippen LogP contribution in [0.4, 0.5) is 19.0 Å². The van der Waals surface area contributed by atoms with Crippen LogP contribution in [-0.4, -0.2) is 32.2 Å². The summed E-state index contributed by atoms with van der Waals surface area (Å²) in [6, 6.07) is 1.45. The molecule has 4 aliphatic rings. The summed E-state index contributed by atoms with van der Waals surface area (Å²) in [5.41, 5.74) is -0.887. The Morgan fingerprint density at radius 2 is 1.71 bits per heavy atom. The van der Waals surface area contributed by atoms with Crippen molar-refractivity contribution in [3.05, 3.63) is 18.1 Å². The minimum Gasteiger partial charge on any atom is -0.353 e. The van der Waals surface area contributed by atoms with E-state index in [0.717, 1.165) is 37.3 Å². The molecule has 6 rings (SSSR count). The second-order valence-electron chi connectivity index (χ2n) is 7.55. The Bertz CT molecular complexity index is 772. The SMILES string of the molecule is FC(F)(F)c1cc(N2CC3CC4CC(C3)CC2C4)n2ncnc2n1. The van der Waals surface area contributed by atoms with Gasteiger partial charge in [-0.3, -0.25) is 0 Å². The van der Waals surface area contributed by atoms with Gasteiger partial charge in [0.15, 0.2) is 5.69 Å². The Balaban J connectivity index is 1.64. The van der Waals surface area contributed by atoms with Gasteiger partial charge in [0, 0.05) is 18.7 Å². The van der Waals surface area contributed by atoms with E-state index in [1.807, 2.05) is 0 Å². The molecular weight excluding hydrogens is 319 g/mol. The molecule has 8 heteroatoms. The molecule has 2 saturated carbocycles. The zero-order valence-corrected chi connectivity index (χ0v) is 13.1. The molecule has 0 N–H and O–H groups in total. The maximum atomic E-state index is 13.2. The van der Waals surface area contributed by atoms with Gasteiger partial charge in [0.25, 0.3) is 5.78 Å². The molecule has 0 amide bonds. The zero-order chi connectivity index (χ0) is 16.5. The van der Waals surface area contributed by atoms with Crippen LogP contribution in [0.3, 0.4) is 0 Å². The van der Waals surface area contributed by atoms with Crippen molar-refractivity contribution in [1.29, 1.82) is 0 Å². The average molecular weight is 337 g/mol. The minimum atomic E-state index is -4.48. The number of hydrogen-bond acceptors (Lipinski definition) is 4. The fraction of sp³-hybridized carbons (Fsp3) is 0.688. The molecule has 5 nitrogen and oxygen atoms in total. The van der Waals surface area contributed by atoms with Crippen LogP contribution in [0.15, 0.2) is 12.4 Å². The predicted octanol–water partition coefficient (Wildman–Crippen LogP) is 3.16. The lowest BCUT2D eigenvalue weighted by Crippen LogP contribution is -2.39. The Morgan fingerprint density at radius 3 is 2.42 bits per heavy atom. The molecule has 4 fully saturated rings. The number of anilines is 1. The second kappa shape index (κ2) is 4.83. The maximum Gasteiger partial charge on any atom is 0.433 e. The van der Waals surface area contributed by atoms with E-state index in [-0.39, 0.29) is 5.78 Å². The molecule has 2 atom stereocenters. The Morgan fingerprint density at radius 1 is 1.00 bits per heavy atom. The molecule has 2 aliphatic heterocycles. The third-order valence-electron chi connectivity index (χ3n) is 5.92. The number of alkyl halides is 3. The largest absolute Gasteiger partial charge is 0.433 e. The van der Waals surface area contributed by atoms with Gasteiger partial charge < -0.3 is 4.90 Å². The summed E-state index contributed by atoms with van der Waals surface area (Å²) >= 11 is 0. The van der Waals surface area contributed by atoms with Crippen molar-refractivity contribution in [2.45, 2.75) is 44.3 Å². The maximum absolute atomic E-state index is 13.2. The van der Waals surface area contributed by atoms with Gasteiger partial charge in [0.1, 0.15) is 12.1 Å². The summed E-state index contributed by atoms with van der Waals surface area (Å²) in [6.07, 6.45) is 2.66. The lowest BCUT2D eigenvalue weighted by Gasteiger charge is -2.39. The van der Waals surface area contributed by atoms with Gasteiger partial charge >= 0.3 is 6.18 Å². The van der Waals surface area contributed by atoms with E-state index in [4.69, 9.17) is 0 Å². The second-order valence-corrected chi connectivity index (χ2v) is 7.55. The molecule has 0 spiro atoms. The molecule has 2 aromatic rings. The minimum absolute atomic E-state index is 0.0174. The van der Waals surface area contributed by atoms with Crippen molar-refractivity contribution >= 4 is 11.6 Å². The third-order valence-corrected chi connectivity index (χ3v) is 5.92.